The third-order valence-corrected chi connectivity index (χ3v) is 14.9. The number of benzene rings is 7. The van der Waals surface area contributed by atoms with Gasteiger partial charge in [0.1, 0.15) is 0 Å². The third-order valence-electron chi connectivity index (χ3n) is 14.9. The first kappa shape index (κ1) is 44.1. The summed E-state index contributed by atoms with van der Waals surface area (Å²) < 4.78 is 0. The van der Waals surface area contributed by atoms with Crippen LogP contribution in [0.2, 0.25) is 0 Å². The number of anilines is 6. The Morgan fingerprint density at radius 3 is 1.50 bits per heavy atom. The van der Waals surface area contributed by atoms with Crippen molar-refractivity contribution < 1.29 is 0 Å². The number of fused-ring (bicyclic) bond motifs is 5. The second-order valence-corrected chi connectivity index (χ2v) is 24.7. The van der Waals surface area contributed by atoms with Crippen LogP contribution >= 0.6 is 0 Å². The van der Waals surface area contributed by atoms with E-state index < -0.39 is 0 Å². The molecule has 3 heteroatoms. The van der Waals surface area contributed by atoms with Crippen molar-refractivity contribution in [3.63, 3.8) is 0 Å². The summed E-state index contributed by atoms with van der Waals surface area (Å²) in [4.78, 5) is 5.24. The van der Waals surface area contributed by atoms with Crippen molar-refractivity contribution in [2.75, 3.05) is 9.80 Å². The molecular formula is C63H69BN2. The van der Waals surface area contributed by atoms with E-state index in [-0.39, 0.29) is 33.8 Å². The Bertz CT molecular complexity index is 3030. The number of nitrogens with zero attached hydrogens (tertiary/aromatic N) is 2. The van der Waals surface area contributed by atoms with Gasteiger partial charge in [-0.1, -0.05) is 188 Å². The first-order valence-electron chi connectivity index (χ1n) is 24.5. The maximum atomic E-state index is 2.65. The smallest absolute Gasteiger partial charge is 0.252 e. The highest BCUT2D eigenvalue weighted by atomic mass is 15.2. The molecule has 0 radical (unpaired) electrons. The SMILES string of the molecule is CC1(C)Cc2cc3c(cc2C1)N(c1ccc(C(C)(C)C)cc1-c1ccc(-c2ccc(C(C)(C)C)cc2)cc1)c1cccc2c1B3c1ccc(C(C)(C)C)cc1N2c1cccc(C(C)(C)C)c1. The van der Waals surface area contributed by atoms with E-state index in [0.29, 0.717) is 0 Å². The zero-order chi connectivity index (χ0) is 46.9. The molecule has 7 aromatic carbocycles. The molecule has 0 saturated heterocycles. The molecule has 0 unspecified atom stereocenters. The minimum atomic E-state index is -0.0249. The lowest BCUT2D eigenvalue weighted by molar-refractivity contribution is 0.392. The van der Waals surface area contributed by atoms with E-state index in [9.17, 15) is 0 Å². The predicted molar refractivity (Wildman–Crippen MR) is 287 cm³/mol. The van der Waals surface area contributed by atoms with Crippen molar-refractivity contribution in [2.45, 2.75) is 131 Å². The Balaban J connectivity index is 1.23. The van der Waals surface area contributed by atoms with Gasteiger partial charge in [0.15, 0.2) is 0 Å². The van der Waals surface area contributed by atoms with Gasteiger partial charge < -0.3 is 9.80 Å². The van der Waals surface area contributed by atoms with Crippen LogP contribution in [0, 0.1) is 5.41 Å². The largest absolute Gasteiger partial charge is 0.311 e. The fourth-order valence-corrected chi connectivity index (χ4v) is 11.0. The van der Waals surface area contributed by atoms with Crippen LogP contribution in [0.5, 0.6) is 0 Å². The number of rotatable bonds is 4. The highest BCUT2D eigenvalue weighted by molar-refractivity contribution is 7.00. The fraction of sp³-hybridized carbons (Fsp3) is 0.333. The topological polar surface area (TPSA) is 6.48 Å². The summed E-state index contributed by atoms with van der Waals surface area (Å²) in [6.45, 7) is 32.8. The van der Waals surface area contributed by atoms with Crippen LogP contribution in [-0.2, 0) is 34.5 Å². The molecule has 334 valence electrons. The lowest BCUT2D eigenvalue weighted by Crippen LogP contribution is -2.61. The van der Waals surface area contributed by atoms with Crippen LogP contribution in [-0.4, -0.2) is 6.71 Å². The van der Waals surface area contributed by atoms with Crippen LogP contribution in [0.3, 0.4) is 0 Å². The monoisotopic (exact) mass is 865 g/mol. The lowest BCUT2D eigenvalue weighted by Gasteiger charge is -2.45. The molecule has 0 bridgehead atoms. The predicted octanol–water partition coefficient (Wildman–Crippen LogP) is 15.4. The Kier molecular flexibility index (Phi) is 10.1. The highest BCUT2D eigenvalue weighted by Gasteiger charge is 2.45. The molecule has 0 amide bonds. The minimum absolute atomic E-state index is 0.00549. The minimum Gasteiger partial charge on any atom is -0.311 e. The Morgan fingerprint density at radius 2 is 0.879 bits per heavy atom. The first-order chi connectivity index (χ1) is 31.0. The highest BCUT2D eigenvalue weighted by Crippen LogP contribution is 2.49. The van der Waals surface area contributed by atoms with Crippen LogP contribution in [0.25, 0.3) is 22.3 Å². The molecule has 2 heterocycles. The first-order valence-corrected chi connectivity index (χ1v) is 24.5. The molecule has 7 aromatic rings. The summed E-state index contributed by atoms with van der Waals surface area (Å²) in [5, 5.41) is 0. The van der Waals surface area contributed by atoms with Gasteiger partial charge >= 0.3 is 0 Å². The van der Waals surface area contributed by atoms with Gasteiger partial charge in [0.05, 0.1) is 5.69 Å². The Morgan fingerprint density at radius 1 is 0.394 bits per heavy atom. The molecule has 2 aliphatic heterocycles. The zero-order valence-electron chi connectivity index (χ0n) is 42.2. The van der Waals surface area contributed by atoms with E-state index in [2.05, 4.69) is 246 Å². The summed E-state index contributed by atoms with van der Waals surface area (Å²) in [5.74, 6) is 0. The normalized spacial score (nSPS) is 15.3. The summed E-state index contributed by atoms with van der Waals surface area (Å²) >= 11 is 0. The van der Waals surface area contributed by atoms with Crippen LogP contribution in [0.15, 0.2) is 140 Å². The number of hydrogen-bond acceptors (Lipinski definition) is 2. The summed E-state index contributed by atoms with van der Waals surface area (Å²) in [5.41, 5.74) is 25.3. The molecule has 3 aliphatic rings. The van der Waals surface area contributed by atoms with E-state index in [1.54, 1.807) is 0 Å². The summed E-state index contributed by atoms with van der Waals surface area (Å²) in [6, 6.07) is 54.8. The van der Waals surface area contributed by atoms with Crippen molar-refractivity contribution in [2.24, 2.45) is 5.41 Å². The van der Waals surface area contributed by atoms with Gasteiger partial charge in [-0.05, 0) is 155 Å². The molecular weight excluding hydrogens is 796 g/mol. The number of hydrogen-bond donors (Lipinski definition) is 0. The summed E-state index contributed by atoms with van der Waals surface area (Å²) in [6.07, 6.45) is 2.17. The van der Waals surface area contributed by atoms with E-state index >= 15 is 0 Å². The maximum Gasteiger partial charge on any atom is 0.252 e. The van der Waals surface area contributed by atoms with Gasteiger partial charge in [0, 0.05) is 34.0 Å². The van der Waals surface area contributed by atoms with Crippen molar-refractivity contribution in [1.82, 2.24) is 0 Å². The van der Waals surface area contributed by atoms with Crippen molar-refractivity contribution >= 4 is 57.2 Å². The quantitative estimate of drug-likeness (QED) is 0.163. The van der Waals surface area contributed by atoms with Gasteiger partial charge in [0.25, 0.3) is 6.71 Å². The zero-order valence-corrected chi connectivity index (χ0v) is 42.2. The standard InChI is InChI=1S/C63H69BN2/c1-59(2,3)45-27-25-41(26-28-45)40-21-23-42(24-22-40)50-36-47(61(7,8)9)30-32-53(50)66-55-20-16-19-54-58(55)64(52-33-43-38-63(13,14)39-44(43)34-56(52)66)51-31-29-48(62(10,11)12)37-57(51)65(54)49-18-15-17-46(35-49)60(4,5)6/h15-37H,38-39H2,1-14H3. The summed E-state index contributed by atoms with van der Waals surface area (Å²) in [7, 11) is 0. The maximum absolute atomic E-state index is 2.65. The van der Waals surface area contributed by atoms with Crippen LogP contribution in [0.1, 0.15) is 130 Å². The lowest BCUT2D eigenvalue weighted by atomic mass is 9.33. The van der Waals surface area contributed by atoms with Crippen molar-refractivity contribution in [1.29, 1.82) is 0 Å². The van der Waals surface area contributed by atoms with E-state index in [1.165, 1.54) is 106 Å². The average Bonchev–Trinajstić information content (AvgIpc) is 3.56. The van der Waals surface area contributed by atoms with E-state index in [1.807, 2.05) is 0 Å². The molecule has 0 aromatic heterocycles. The Labute approximate surface area is 397 Å². The van der Waals surface area contributed by atoms with Crippen molar-refractivity contribution in [3.05, 3.63) is 173 Å². The molecule has 0 atom stereocenters. The molecule has 0 N–H and O–H groups in total. The molecule has 0 saturated carbocycles. The second-order valence-electron chi connectivity index (χ2n) is 24.7. The molecule has 0 spiro atoms. The fourth-order valence-electron chi connectivity index (χ4n) is 11.0. The molecule has 1 aliphatic carbocycles. The van der Waals surface area contributed by atoms with E-state index in [0.717, 1.165) is 12.8 Å². The molecule has 66 heavy (non-hydrogen) atoms. The molecule has 0 fully saturated rings. The van der Waals surface area contributed by atoms with Gasteiger partial charge in [0.2, 0.25) is 0 Å². The molecule has 2 nitrogen and oxygen atoms in total. The van der Waals surface area contributed by atoms with Crippen LogP contribution < -0.4 is 26.2 Å². The average molecular weight is 865 g/mol. The van der Waals surface area contributed by atoms with Gasteiger partial charge in [-0.15, -0.1) is 0 Å². The van der Waals surface area contributed by atoms with Gasteiger partial charge in [-0.2, -0.15) is 0 Å². The van der Waals surface area contributed by atoms with Gasteiger partial charge in [-0.25, -0.2) is 0 Å². The third kappa shape index (κ3) is 7.61. The van der Waals surface area contributed by atoms with Crippen molar-refractivity contribution in [3.8, 4) is 22.3 Å². The van der Waals surface area contributed by atoms with E-state index in [4.69, 9.17) is 0 Å². The Hall–Kier alpha value is -5.80. The molecule has 10 rings (SSSR count). The second kappa shape index (κ2) is 15.1. The van der Waals surface area contributed by atoms with Gasteiger partial charge in [-0.3, -0.25) is 0 Å². The van der Waals surface area contributed by atoms with Crippen LogP contribution in [0.4, 0.5) is 34.1 Å².